The Morgan fingerprint density at radius 3 is 1.87 bits per heavy atom. The van der Waals surface area contributed by atoms with Crippen LogP contribution in [0.5, 0.6) is 0 Å². The predicted molar refractivity (Wildman–Crippen MR) is 221 cm³/mol. The molecule has 0 atom stereocenters. The summed E-state index contributed by atoms with van der Waals surface area (Å²) < 4.78 is 51.9. The van der Waals surface area contributed by atoms with Crippen LogP contribution in [-0.2, 0) is 0 Å². The molecule has 5 heteroatoms. The van der Waals surface area contributed by atoms with Gasteiger partial charge in [0.1, 0.15) is 11.2 Å². The highest BCUT2D eigenvalue weighted by atomic mass is 16.3. The molecule has 0 aliphatic carbocycles. The molecule has 0 radical (unpaired) electrons. The minimum Gasteiger partial charge on any atom is -0.455 e. The largest absolute Gasteiger partial charge is 0.455 e. The van der Waals surface area contributed by atoms with E-state index < -0.39 is 30.2 Å². The highest BCUT2D eigenvalue weighted by molar-refractivity contribution is 6.14. The van der Waals surface area contributed by atoms with Crippen LogP contribution in [0.3, 0.4) is 0 Å². The van der Waals surface area contributed by atoms with Gasteiger partial charge < -0.3 is 8.98 Å². The Bertz CT molecular complexity index is 3440. The molecule has 0 N–H and O–H groups in total. The second-order valence-electron chi connectivity index (χ2n) is 13.3. The molecule has 252 valence electrons. The molecule has 0 unspecified atom stereocenters. The van der Waals surface area contributed by atoms with Crippen molar-refractivity contribution in [2.24, 2.45) is 0 Å². The zero-order chi connectivity index (χ0) is 39.9. The van der Waals surface area contributed by atoms with Gasteiger partial charge in [-0.1, -0.05) is 145 Å². The number of hydrogen-bond acceptors (Lipinski definition) is 4. The molecule has 3 aromatic heterocycles. The topological polar surface area (TPSA) is 56.7 Å². The van der Waals surface area contributed by atoms with E-state index in [1.165, 1.54) is 0 Å². The van der Waals surface area contributed by atoms with E-state index in [1.54, 1.807) is 0 Å². The van der Waals surface area contributed by atoms with Crippen LogP contribution < -0.4 is 0 Å². The molecule has 0 fully saturated rings. The number of fused-ring (bicyclic) bond motifs is 7. The summed E-state index contributed by atoms with van der Waals surface area (Å²) in [7, 11) is 0. The van der Waals surface area contributed by atoms with Crippen molar-refractivity contribution >= 4 is 54.5 Å². The van der Waals surface area contributed by atoms with E-state index in [-0.39, 0.29) is 23.0 Å². The Balaban J connectivity index is 1.25. The van der Waals surface area contributed by atoms with Gasteiger partial charge >= 0.3 is 0 Å². The van der Waals surface area contributed by atoms with Crippen molar-refractivity contribution in [1.29, 1.82) is 0 Å². The highest BCUT2D eigenvalue weighted by Crippen LogP contribution is 2.42. The fourth-order valence-corrected chi connectivity index (χ4v) is 7.69. The van der Waals surface area contributed by atoms with E-state index in [4.69, 9.17) is 26.2 Å². The number of hydrogen-bond donors (Lipinski definition) is 0. The lowest BCUT2D eigenvalue weighted by molar-refractivity contribution is 0.669. The third-order valence-corrected chi connectivity index (χ3v) is 10.1. The van der Waals surface area contributed by atoms with Gasteiger partial charge in [0.25, 0.3) is 0 Å². The lowest BCUT2D eigenvalue weighted by Crippen LogP contribution is -2.01. The van der Waals surface area contributed by atoms with Crippen LogP contribution in [0.2, 0.25) is 0 Å². The lowest BCUT2D eigenvalue weighted by Gasteiger charge is -2.12. The smallest absolute Gasteiger partial charge is 0.167 e. The summed E-state index contributed by atoms with van der Waals surface area (Å²) in [6, 6.07) is 48.8. The number of furan rings is 1. The number of para-hydroxylation sites is 2. The van der Waals surface area contributed by atoms with Crippen molar-refractivity contribution in [3.63, 3.8) is 0 Å². The Kier molecular flexibility index (Phi) is 5.73. The second kappa shape index (κ2) is 12.1. The van der Waals surface area contributed by atoms with Crippen LogP contribution in [0.25, 0.3) is 105 Å². The molecule has 11 aromatic rings. The molecule has 11 rings (SSSR count). The minimum atomic E-state index is -0.493. The summed E-state index contributed by atoms with van der Waals surface area (Å²) in [4.78, 5) is 14.7. The zero-order valence-corrected chi connectivity index (χ0v) is 28.6. The first-order valence-electron chi connectivity index (χ1n) is 20.2. The van der Waals surface area contributed by atoms with Gasteiger partial charge in [0.15, 0.2) is 17.5 Å². The molecule has 5 nitrogen and oxygen atoms in total. The first-order chi connectivity index (χ1) is 28.8. The van der Waals surface area contributed by atoms with E-state index in [2.05, 4.69) is 83.4 Å². The molecule has 0 bridgehead atoms. The molecule has 0 amide bonds. The van der Waals surface area contributed by atoms with Gasteiger partial charge in [0.2, 0.25) is 0 Å². The number of nitrogens with zero attached hydrogens (tertiary/aromatic N) is 4. The first kappa shape index (κ1) is 25.6. The van der Waals surface area contributed by atoms with E-state index in [1.807, 2.05) is 72.8 Å². The van der Waals surface area contributed by atoms with Crippen molar-refractivity contribution in [3.05, 3.63) is 182 Å². The maximum absolute atomic E-state index is 8.86. The molecular weight excluding hydrogens is 661 g/mol. The Morgan fingerprint density at radius 1 is 0.444 bits per heavy atom. The molecule has 0 saturated heterocycles. The lowest BCUT2D eigenvalue weighted by atomic mass is 9.97. The van der Waals surface area contributed by atoms with E-state index in [0.717, 1.165) is 60.2 Å². The van der Waals surface area contributed by atoms with Crippen LogP contribution in [0.15, 0.2) is 186 Å². The van der Waals surface area contributed by atoms with Gasteiger partial charge in [0.05, 0.1) is 23.5 Å². The number of benzene rings is 8. The first-order valence-corrected chi connectivity index (χ1v) is 17.7. The fraction of sp³-hybridized carbons (Fsp3) is 0. The second-order valence-corrected chi connectivity index (χ2v) is 13.3. The molecule has 0 aliphatic rings. The van der Waals surface area contributed by atoms with Crippen LogP contribution in [-0.4, -0.2) is 19.5 Å². The van der Waals surface area contributed by atoms with E-state index in [0.29, 0.717) is 22.3 Å². The van der Waals surface area contributed by atoms with Crippen molar-refractivity contribution < 1.29 is 11.3 Å². The fourth-order valence-electron chi connectivity index (χ4n) is 7.69. The molecule has 0 saturated carbocycles. The van der Waals surface area contributed by atoms with Crippen molar-refractivity contribution in [2.75, 3.05) is 0 Å². The van der Waals surface area contributed by atoms with Crippen molar-refractivity contribution in [1.82, 2.24) is 19.5 Å². The van der Waals surface area contributed by atoms with Gasteiger partial charge in [-0.05, 0) is 58.3 Å². The van der Waals surface area contributed by atoms with Gasteiger partial charge in [0, 0.05) is 38.4 Å². The standard InChI is InChI=1S/C49H30N4O/c1-3-15-32(16-4-1)47-50-48(33-17-5-2-6-18-33)52-49(51-47)42-30-35(53-43-24-11-9-21-38(43)39-22-10-12-25-44(39)53)29-41-40-28-34(26-27-45(40)54-46(41)42)37-23-13-19-31-14-7-8-20-36(31)37/h1-30H/i1D,3D,4D,15D,16D. The third-order valence-electron chi connectivity index (χ3n) is 10.1. The number of rotatable bonds is 5. The summed E-state index contributed by atoms with van der Waals surface area (Å²) >= 11 is 0. The van der Waals surface area contributed by atoms with Gasteiger partial charge in [-0.2, -0.15) is 0 Å². The Morgan fingerprint density at radius 2 is 1.09 bits per heavy atom. The summed E-state index contributed by atoms with van der Waals surface area (Å²) in [6.07, 6.45) is 0. The maximum Gasteiger partial charge on any atom is 0.167 e. The molecule has 0 spiro atoms. The van der Waals surface area contributed by atoms with Crippen LogP contribution in [0.1, 0.15) is 6.85 Å². The van der Waals surface area contributed by atoms with Gasteiger partial charge in [-0.25, -0.2) is 15.0 Å². The quantitative estimate of drug-likeness (QED) is 0.180. The van der Waals surface area contributed by atoms with Crippen LogP contribution >= 0.6 is 0 Å². The monoisotopic (exact) mass is 695 g/mol. The normalized spacial score (nSPS) is 13.0. The summed E-state index contributed by atoms with van der Waals surface area (Å²) in [5.41, 5.74) is 7.34. The summed E-state index contributed by atoms with van der Waals surface area (Å²) in [5.74, 6) is 0.458. The number of aromatic nitrogens is 4. The Hall–Kier alpha value is -7.37. The SMILES string of the molecule is [2H]c1c([2H])c([2H])c(-c2nc(-c3ccccc3)nc(-c3cc(-n4c5ccccc5c5ccccc54)cc4c3oc3ccc(-c5cccc6ccccc56)cc34)n2)c([2H])c1[2H]. The summed E-state index contributed by atoms with van der Waals surface area (Å²) in [5, 5.41) is 6.25. The predicted octanol–water partition coefficient (Wildman–Crippen LogP) is 12.7. The van der Waals surface area contributed by atoms with Gasteiger partial charge in [-0.3, -0.25) is 0 Å². The average molecular weight is 696 g/mol. The van der Waals surface area contributed by atoms with E-state index in [9.17, 15) is 0 Å². The molecule has 0 aliphatic heterocycles. The molecule has 3 heterocycles. The van der Waals surface area contributed by atoms with Gasteiger partial charge in [-0.15, -0.1) is 0 Å². The van der Waals surface area contributed by atoms with E-state index >= 15 is 0 Å². The summed E-state index contributed by atoms with van der Waals surface area (Å²) in [6.45, 7) is 0. The van der Waals surface area contributed by atoms with Crippen LogP contribution in [0.4, 0.5) is 0 Å². The minimum absolute atomic E-state index is 0.0457. The van der Waals surface area contributed by atoms with Crippen LogP contribution in [0, 0.1) is 0 Å². The third kappa shape index (κ3) is 4.83. The van der Waals surface area contributed by atoms with Crippen molar-refractivity contribution in [3.8, 4) is 51.0 Å². The highest BCUT2D eigenvalue weighted by Gasteiger charge is 2.22. The molecule has 8 aromatic carbocycles. The Labute approximate surface area is 317 Å². The average Bonchev–Trinajstić information content (AvgIpc) is 3.83. The molecular formula is C49H30N4O. The zero-order valence-electron chi connectivity index (χ0n) is 33.6. The van der Waals surface area contributed by atoms with Crippen molar-refractivity contribution in [2.45, 2.75) is 0 Å². The molecule has 54 heavy (non-hydrogen) atoms. The maximum atomic E-state index is 8.86.